The third-order valence-corrected chi connectivity index (χ3v) is 5.90. The number of hydrogen-bond acceptors (Lipinski definition) is 5. The number of methoxy groups -OCH3 is 1. The molecule has 27 heavy (non-hydrogen) atoms. The van der Waals surface area contributed by atoms with Gasteiger partial charge in [0.2, 0.25) is 0 Å². The average molecular weight is 398 g/mol. The van der Waals surface area contributed by atoms with Crippen molar-refractivity contribution in [2.75, 3.05) is 18.2 Å². The number of ether oxygens (including phenoxy) is 1. The molecule has 0 bridgehead atoms. The minimum absolute atomic E-state index is 0.259. The summed E-state index contributed by atoms with van der Waals surface area (Å²) in [5.74, 6) is 0.253. The van der Waals surface area contributed by atoms with E-state index in [0.29, 0.717) is 16.1 Å². The van der Waals surface area contributed by atoms with E-state index in [0.717, 1.165) is 21.1 Å². The number of amides is 1. The fraction of sp³-hybridized carbons (Fsp3) is 0.143. The number of carbonyl (C=O) groups is 2. The molecule has 0 fully saturated rings. The van der Waals surface area contributed by atoms with Crippen molar-refractivity contribution in [2.24, 2.45) is 0 Å². The molecule has 4 nitrogen and oxygen atoms in total. The summed E-state index contributed by atoms with van der Waals surface area (Å²) in [6, 6.07) is 19.0. The smallest absolute Gasteiger partial charge is 0.350 e. The van der Waals surface area contributed by atoms with Gasteiger partial charge >= 0.3 is 5.97 Å². The number of esters is 1. The minimum atomic E-state index is -0.466. The lowest BCUT2D eigenvalue weighted by atomic mass is 10.2. The van der Waals surface area contributed by atoms with Crippen LogP contribution in [-0.4, -0.2) is 24.7 Å². The van der Waals surface area contributed by atoms with Crippen molar-refractivity contribution >= 4 is 40.7 Å². The van der Waals surface area contributed by atoms with Crippen molar-refractivity contribution in [2.45, 2.75) is 11.8 Å². The lowest BCUT2D eigenvalue weighted by Gasteiger charge is -2.06. The Balaban J connectivity index is 1.87. The van der Waals surface area contributed by atoms with Crippen LogP contribution in [-0.2, 0) is 4.74 Å². The number of anilines is 1. The SMILES string of the molecule is CCSc1ccc(C(=O)Nc2cc(-c3ccccc3)sc2C(=O)OC)cc1. The average Bonchev–Trinajstić information content (AvgIpc) is 3.12. The van der Waals surface area contributed by atoms with Crippen LogP contribution in [0.15, 0.2) is 65.6 Å². The molecule has 1 N–H and O–H groups in total. The predicted octanol–water partition coefficient (Wildman–Crippen LogP) is 5.57. The van der Waals surface area contributed by atoms with Gasteiger partial charge in [-0.05, 0) is 41.6 Å². The first-order valence-corrected chi connectivity index (χ1v) is 10.2. The maximum Gasteiger partial charge on any atom is 0.350 e. The van der Waals surface area contributed by atoms with Gasteiger partial charge in [0.1, 0.15) is 4.88 Å². The standard InChI is InChI=1S/C21H19NO3S2/c1-3-26-16-11-9-15(10-12-16)20(23)22-17-13-18(14-7-5-4-6-8-14)27-19(17)21(24)25-2/h4-13H,3H2,1-2H3,(H,22,23). The zero-order chi connectivity index (χ0) is 19.2. The van der Waals surface area contributed by atoms with E-state index in [1.165, 1.54) is 18.4 Å². The van der Waals surface area contributed by atoms with E-state index in [4.69, 9.17) is 4.74 Å². The molecule has 1 aromatic heterocycles. The van der Waals surface area contributed by atoms with Crippen molar-refractivity contribution in [3.8, 4) is 10.4 Å². The van der Waals surface area contributed by atoms with Crippen molar-refractivity contribution in [3.05, 3.63) is 71.1 Å². The van der Waals surface area contributed by atoms with Gasteiger partial charge in [0, 0.05) is 15.3 Å². The molecule has 0 aliphatic carbocycles. The van der Waals surface area contributed by atoms with Gasteiger partial charge in [0.15, 0.2) is 0 Å². The van der Waals surface area contributed by atoms with Crippen LogP contribution in [0.5, 0.6) is 0 Å². The molecule has 138 valence electrons. The van der Waals surface area contributed by atoms with Gasteiger partial charge in [0.25, 0.3) is 5.91 Å². The second kappa shape index (κ2) is 8.88. The summed E-state index contributed by atoms with van der Waals surface area (Å²) in [6.45, 7) is 2.08. The Labute approximate surface area is 166 Å². The lowest BCUT2D eigenvalue weighted by Crippen LogP contribution is -2.13. The number of carbonyl (C=O) groups excluding carboxylic acids is 2. The molecule has 0 radical (unpaired) electrons. The number of rotatable bonds is 6. The van der Waals surface area contributed by atoms with Crippen LogP contribution in [0.1, 0.15) is 27.0 Å². The summed E-state index contributed by atoms with van der Waals surface area (Å²) < 4.78 is 4.87. The summed E-state index contributed by atoms with van der Waals surface area (Å²) in [5, 5.41) is 2.85. The lowest BCUT2D eigenvalue weighted by molar-refractivity contribution is 0.0607. The van der Waals surface area contributed by atoms with Crippen LogP contribution in [0.25, 0.3) is 10.4 Å². The van der Waals surface area contributed by atoms with E-state index in [-0.39, 0.29) is 5.91 Å². The second-order valence-electron chi connectivity index (χ2n) is 5.62. The number of thioether (sulfide) groups is 1. The number of hydrogen-bond donors (Lipinski definition) is 1. The molecular formula is C21H19NO3S2. The maximum atomic E-state index is 12.6. The normalized spacial score (nSPS) is 10.4. The van der Waals surface area contributed by atoms with Crippen molar-refractivity contribution in [1.29, 1.82) is 0 Å². The van der Waals surface area contributed by atoms with Crippen LogP contribution in [0.4, 0.5) is 5.69 Å². The summed E-state index contributed by atoms with van der Waals surface area (Å²) >= 11 is 3.02. The fourth-order valence-electron chi connectivity index (χ4n) is 2.54. The monoisotopic (exact) mass is 397 g/mol. The third-order valence-electron chi connectivity index (χ3n) is 3.84. The fourth-order valence-corrected chi connectivity index (χ4v) is 4.24. The topological polar surface area (TPSA) is 55.4 Å². The minimum Gasteiger partial charge on any atom is -0.465 e. The summed E-state index contributed by atoms with van der Waals surface area (Å²) in [7, 11) is 1.33. The molecule has 0 aliphatic heterocycles. The van der Waals surface area contributed by atoms with Crippen molar-refractivity contribution in [1.82, 2.24) is 0 Å². The second-order valence-corrected chi connectivity index (χ2v) is 8.01. The van der Waals surface area contributed by atoms with Crippen molar-refractivity contribution < 1.29 is 14.3 Å². The molecule has 3 rings (SSSR count). The number of nitrogens with one attached hydrogen (secondary N) is 1. The molecular weight excluding hydrogens is 378 g/mol. The van der Waals surface area contributed by atoms with E-state index in [1.807, 2.05) is 48.5 Å². The zero-order valence-corrected chi connectivity index (χ0v) is 16.7. The first kappa shape index (κ1) is 19.2. The highest BCUT2D eigenvalue weighted by molar-refractivity contribution is 7.99. The largest absolute Gasteiger partial charge is 0.465 e. The zero-order valence-electron chi connectivity index (χ0n) is 15.0. The van der Waals surface area contributed by atoms with Crippen LogP contribution in [0.2, 0.25) is 0 Å². The molecule has 6 heteroatoms. The summed E-state index contributed by atoms with van der Waals surface area (Å²) in [6.07, 6.45) is 0. The number of thiophene rings is 1. The van der Waals surface area contributed by atoms with Gasteiger partial charge in [-0.2, -0.15) is 0 Å². The van der Waals surface area contributed by atoms with Crippen molar-refractivity contribution in [3.63, 3.8) is 0 Å². The first-order chi connectivity index (χ1) is 13.1. The highest BCUT2D eigenvalue weighted by Gasteiger charge is 2.20. The Morgan fingerprint density at radius 1 is 1.07 bits per heavy atom. The van der Waals surface area contributed by atoms with Gasteiger partial charge in [-0.1, -0.05) is 37.3 Å². The molecule has 3 aromatic rings. The molecule has 0 saturated carbocycles. The van der Waals surface area contributed by atoms with E-state index in [2.05, 4.69) is 12.2 Å². The van der Waals surface area contributed by atoms with E-state index in [9.17, 15) is 9.59 Å². The molecule has 2 aromatic carbocycles. The molecule has 1 amide bonds. The van der Waals surface area contributed by atoms with Crippen LogP contribution in [0.3, 0.4) is 0 Å². The van der Waals surface area contributed by atoms with E-state index in [1.54, 1.807) is 23.9 Å². The Kier molecular flexibility index (Phi) is 6.32. The highest BCUT2D eigenvalue weighted by Crippen LogP contribution is 2.35. The maximum absolute atomic E-state index is 12.6. The van der Waals surface area contributed by atoms with Gasteiger partial charge in [0.05, 0.1) is 12.8 Å². The molecule has 1 heterocycles. The van der Waals surface area contributed by atoms with Crippen LogP contribution in [0, 0.1) is 0 Å². The Hall–Kier alpha value is -2.57. The highest BCUT2D eigenvalue weighted by atomic mass is 32.2. The molecule has 0 unspecified atom stereocenters. The first-order valence-electron chi connectivity index (χ1n) is 8.44. The van der Waals surface area contributed by atoms with Gasteiger partial charge in [-0.25, -0.2) is 4.79 Å². The summed E-state index contributed by atoms with van der Waals surface area (Å²) in [4.78, 5) is 27.2. The van der Waals surface area contributed by atoms with Crippen LogP contribution >= 0.6 is 23.1 Å². The predicted molar refractivity (Wildman–Crippen MR) is 112 cm³/mol. The quantitative estimate of drug-likeness (QED) is 0.437. The Bertz CT molecular complexity index is 934. The van der Waals surface area contributed by atoms with Gasteiger partial charge < -0.3 is 10.1 Å². The summed E-state index contributed by atoms with van der Waals surface area (Å²) in [5.41, 5.74) is 1.98. The molecule has 0 saturated heterocycles. The molecule has 0 spiro atoms. The van der Waals surface area contributed by atoms with Gasteiger partial charge in [-0.15, -0.1) is 23.1 Å². The van der Waals surface area contributed by atoms with E-state index < -0.39 is 5.97 Å². The Morgan fingerprint density at radius 2 is 1.78 bits per heavy atom. The Morgan fingerprint density at radius 3 is 2.41 bits per heavy atom. The third kappa shape index (κ3) is 4.59. The number of benzene rings is 2. The molecule has 0 aliphatic rings. The molecule has 0 atom stereocenters. The van der Waals surface area contributed by atoms with E-state index >= 15 is 0 Å². The van der Waals surface area contributed by atoms with Gasteiger partial charge in [-0.3, -0.25) is 4.79 Å². The van der Waals surface area contributed by atoms with Crippen LogP contribution < -0.4 is 5.32 Å².